The molecule has 9 heteroatoms. The van der Waals surface area contributed by atoms with Crippen molar-refractivity contribution in [2.75, 3.05) is 0 Å². The third-order valence-electron chi connectivity index (χ3n) is 3.73. The second-order valence-electron chi connectivity index (χ2n) is 5.79. The van der Waals surface area contributed by atoms with E-state index in [1.807, 2.05) is 0 Å². The van der Waals surface area contributed by atoms with Crippen molar-refractivity contribution < 1.29 is 18.7 Å². The highest BCUT2D eigenvalue weighted by Gasteiger charge is 2.18. The highest BCUT2D eigenvalue weighted by atomic mass is 79.9. The average molecular weight is 510 g/mol. The van der Waals surface area contributed by atoms with Crippen molar-refractivity contribution in [1.29, 1.82) is 0 Å². The van der Waals surface area contributed by atoms with Crippen LogP contribution in [0.4, 0.5) is 0 Å². The van der Waals surface area contributed by atoms with Crippen LogP contribution in [0, 0.1) is 0 Å². The molecule has 3 aromatic rings. The number of hydrogen-bond donors (Lipinski definition) is 2. The molecule has 2 aromatic carbocycles. The summed E-state index contributed by atoms with van der Waals surface area (Å²) in [5.74, 6) is -0.873. The first-order valence-electron chi connectivity index (χ1n) is 8.09. The molecule has 1 heterocycles. The predicted octanol–water partition coefficient (Wildman–Crippen LogP) is 3.55. The highest BCUT2D eigenvalue weighted by molar-refractivity contribution is 9.10. The number of hydrogen-bond acceptors (Lipinski definition) is 5. The highest BCUT2D eigenvalue weighted by Crippen LogP contribution is 2.19. The smallest absolute Gasteiger partial charge is 0.349 e. The lowest BCUT2D eigenvalue weighted by Gasteiger charge is -2.15. The topological polar surface area (TPSA) is 97.6 Å². The molecule has 0 aliphatic heterocycles. The molecule has 1 atom stereocenters. The monoisotopic (exact) mass is 508 g/mol. The van der Waals surface area contributed by atoms with Crippen molar-refractivity contribution >= 4 is 54.6 Å². The lowest BCUT2D eigenvalue weighted by Crippen LogP contribution is -2.48. The Balaban J connectivity index is 1.65. The van der Waals surface area contributed by atoms with E-state index >= 15 is 0 Å². The van der Waals surface area contributed by atoms with Crippen molar-refractivity contribution in [3.8, 4) is 5.75 Å². The minimum absolute atomic E-state index is 0.229. The van der Waals surface area contributed by atoms with Gasteiger partial charge in [0.05, 0.1) is 0 Å². The molecule has 2 N–H and O–H groups in total. The number of amides is 2. The van der Waals surface area contributed by atoms with Crippen molar-refractivity contribution in [2.45, 2.75) is 13.0 Å². The van der Waals surface area contributed by atoms with Crippen LogP contribution >= 0.6 is 31.9 Å². The molecule has 0 saturated heterocycles. The summed E-state index contributed by atoms with van der Waals surface area (Å²) in [6.07, 6.45) is -0.870. The van der Waals surface area contributed by atoms with E-state index in [2.05, 4.69) is 42.7 Å². The number of halogens is 2. The Hall–Kier alpha value is -2.65. The zero-order valence-corrected chi connectivity index (χ0v) is 17.7. The number of nitrogens with one attached hydrogen (secondary N) is 2. The van der Waals surface area contributed by atoms with Gasteiger partial charge in [-0.25, -0.2) is 4.79 Å². The standard InChI is InChI=1S/C19H14Br2N2O5/c1-10(27-14-5-2-12(20)3-6-14)17(24)22-23-18(25)15-9-11-8-13(21)4-7-16(11)28-19(15)26/h2-10H,1H3,(H,22,24)(H,23,25)/t10-/m1/s1. The van der Waals surface area contributed by atoms with Gasteiger partial charge in [0, 0.05) is 14.3 Å². The summed E-state index contributed by atoms with van der Waals surface area (Å²) in [6, 6.07) is 13.4. The van der Waals surface area contributed by atoms with Crippen LogP contribution in [0.1, 0.15) is 17.3 Å². The maximum Gasteiger partial charge on any atom is 0.349 e. The Morgan fingerprint density at radius 3 is 2.39 bits per heavy atom. The SMILES string of the molecule is C[C@@H](Oc1ccc(Br)cc1)C(=O)NNC(=O)c1cc2cc(Br)ccc2oc1=O. The molecular weight excluding hydrogens is 496 g/mol. The molecule has 28 heavy (non-hydrogen) atoms. The number of carbonyl (C=O) groups is 2. The summed E-state index contributed by atoms with van der Waals surface area (Å²) in [4.78, 5) is 36.4. The summed E-state index contributed by atoms with van der Waals surface area (Å²) in [6.45, 7) is 1.53. The molecule has 0 aliphatic carbocycles. The molecule has 1 aromatic heterocycles. The fourth-order valence-corrected chi connectivity index (χ4v) is 2.95. The van der Waals surface area contributed by atoms with E-state index in [0.717, 1.165) is 8.95 Å². The van der Waals surface area contributed by atoms with E-state index in [1.165, 1.54) is 13.0 Å². The third kappa shape index (κ3) is 4.79. The molecule has 2 amide bonds. The van der Waals surface area contributed by atoms with E-state index in [4.69, 9.17) is 9.15 Å². The van der Waals surface area contributed by atoms with Crippen LogP contribution in [0.15, 0.2) is 66.7 Å². The minimum atomic E-state index is -0.870. The Kier molecular flexibility index (Phi) is 6.15. The zero-order chi connectivity index (χ0) is 20.3. The van der Waals surface area contributed by atoms with E-state index < -0.39 is 23.5 Å². The first kappa shape index (κ1) is 20.1. The summed E-state index contributed by atoms with van der Waals surface area (Å²) >= 11 is 6.63. The Labute approximate surface area is 176 Å². The van der Waals surface area contributed by atoms with Gasteiger partial charge in [0.1, 0.15) is 16.9 Å². The van der Waals surface area contributed by atoms with Crippen molar-refractivity contribution in [3.63, 3.8) is 0 Å². The van der Waals surface area contributed by atoms with Crippen LogP contribution in [0.3, 0.4) is 0 Å². The maximum atomic E-state index is 12.3. The van der Waals surface area contributed by atoms with Crippen molar-refractivity contribution in [2.24, 2.45) is 0 Å². The number of ether oxygens (including phenoxy) is 1. The first-order valence-corrected chi connectivity index (χ1v) is 9.68. The third-order valence-corrected chi connectivity index (χ3v) is 4.76. The quantitative estimate of drug-likeness (QED) is 0.414. The van der Waals surface area contributed by atoms with Gasteiger partial charge in [0.25, 0.3) is 11.8 Å². The van der Waals surface area contributed by atoms with Crippen molar-refractivity contribution in [3.05, 3.63) is 73.5 Å². The van der Waals surface area contributed by atoms with Gasteiger partial charge in [0.2, 0.25) is 0 Å². The fourth-order valence-electron chi connectivity index (χ4n) is 2.31. The van der Waals surface area contributed by atoms with Gasteiger partial charge in [-0.2, -0.15) is 0 Å². The Morgan fingerprint density at radius 1 is 1.00 bits per heavy atom. The van der Waals surface area contributed by atoms with Gasteiger partial charge in [-0.3, -0.25) is 20.4 Å². The van der Waals surface area contributed by atoms with E-state index in [1.54, 1.807) is 42.5 Å². The van der Waals surface area contributed by atoms with Crippen LogP contribution in [0.2, 0.25) is 0 Å². The fraction of sp³-hybridized carbons (Fsp3) is 0.105. The zero-order valence-electron chi connectivity index (χ0n) is 14.5. The largest absolute Gasteiger partial charge is 0.481 e. The van der Waals surface area contributed by atoms with E-state index in [0.29, 0.717) is 16.7 Å². The van der Waals surface area contributed by atoms with Crippen LogP contribution < -0.4 is 21.2 Å². The predicted molar refractivity (Wildman–Crippen MR) is 110 cm³/mol. The summed E-state index contributed by atoms with van der Waals surface area (Å²) < 4.78 is 12.3. The normalized spacial score (nSPS) is 11.7. The van der Waals surface area contributed by atoms with Crippen LogP contribution in [-0.2, 0) is 4.79 Å². The second kappa shape index (κ2) is 8.57. The molecule has 0 radical (unpaired) electrons. The molecule has 144 valence electrons. The number of carbonyl (C=O) groups excluding carboxylic acids is 2. The number of fused-ring (bicyclic) bond motifs is 1. The van der Waals surface area contributed by atoms with E-state index in [9.17, 15) is 14.4 Å². The van der Waals surface area contributed by atoms with Crippen LogP contribution in [0.5, 0.6) is 5.75 Å². The molecule has 0 aliphatic rings. The lowest BCUT2D eigenvalue weighted by molar-refractivity contribution is -0.128. The first-order chi connectivity index (χ1) is 13.3. The average Bonchev–Trinajstić information content (AvgIpc) is 2.67. The molecule has 0 bridgehead atoms. The summed E-state index contributed by atoms with van der Waals surface area (Å²) in [7, 11) is 0. The summed E-state index contributed by atoms with van der Waals surface area (Å²) in [5, 5.41) is 0.567. The molecule has 7 nitrogen and oxygen atoms in total. The van der Waals surface area contributed by atoms with Crippen LogP contribution in [-0.4, -0.2) is 17.9 Å². The minimum Gasteiger partial charge on any atom is -0.481 e. The Bertz CT molecular complexity index is 1100. The number of benzene rings is 2. The van der Waals surface area contributed by atoms with Gasteiger partial charge in [-0.1, -0.05) is 31.9 Å². The maximum absolute atomic E-state index is 12.3. The van der Waals surface area contributed by atoms with Gasteiger partial charge in [-0.05, 0) is 55.5 Å². The van der Waals surface area contributed by atoms with Gasteiger partial charge in [-0.15, -0.1) is 0 Å². The van der Waals surface area contributed by atoms with Gasteiger partial charge < -0.3 is 9.15 Å². The molecule has 0 fully saturated rings. The van der Waals surface area contributed by atoms with E-state index in [-0.39, 0.29) is 5.56 Å². The molecular formula is C19H14Br2N2O5. The molecule has 3 rings (SSSR count). The van der Waals surface area contributed by atoms with Crippen molar-refractivity contribution in [1.82, 2.24) is 10.9 Å². The number of rotatable bonds is 4. The number of hydrazine groups is 1. The molecule has 0 saturated carbocycles. The summed E-state index contributed by atoms with van der Waals surface area (Å²) in [5.41, 5.74) is 3.75. The molecule has 0 unspecified atom stereocenters. The van der Waals surface area contributed by atoms with Gasteiger partial charge >= 0.3 is 5.63 Å². The Morgan fingerprint density at radius 2 is 1.68 bits per heavy atom. The second-order valence-corrected chi connectivity index (χ2v) is 7.62. The molecule has 0 spiro atoms. The van der Waals surface area contributed by atoms with Crippen LogP contribution in [0.25, 0.3) is 11.0 Å². The lowest BCUT2D eigenvalue weighted by atomic mass is 10.2. The van der Waals surface area contributed by atoms with Gasteiger partial charge in [0.15, 0.2) is 6.10 Å².